The number of benzene rings is 1. The van der Waals surface area contributed by atoms with Crippen molar-refractivity contribution in [3.8, 4) is 0 Å². The zero-order valence-electron chi connectivity index (χ0n) is 21.2. The van der Waals surface area contributed by atoms with E-state index in [0.29, 0.717) is 16.7 Å². The summed E-state index contributed by atoms with van der Waals surface area (Å²) in [7, 11) is -5.43. The number of carbonyl (C=O) groups excluding carboxylic acids is 1. The number of rotatable bonds is 8. The molecule has 3 aromatic rings. The molecule has 1 amide bonds. The van der Waals surface area contributed by atoms with Crippen molar-refractivity contribution in [3.63, 3.8) is 0 Å². The average Bonchev–Trinajstić information content (AvgIpc) is 3.40. The summed E-state index contributed by atoms with van der Waals surface area (Å²) in [6.07, 6.45) is -0.915. The van der Waals surface area contributed by atoms with Gasteiger partial charge in [-0.2, -0.15) is 0 Å². The molecule has 1 unspecified atom stereocenters. The number of ether oxygens (including phenoxy) is 1. The standard InChI is InChI=1S/C23H30N5O7PSi/c1-23(2,3)37(4,5)35-18-17(34-36(31)32)15(11-29)33-22(18)28-13-26-16-19(24-12-25-20(16)28)27-21(30)14-9-7-6-8-10-14/h6-10,12-13,15,17-18,22,29H,11H2,1-5H3,(H-,24,25,27,30,31,32)/p+1/t15-,17-,18-,22-/m0/s1. The summed E-state index contributed by atoms with van der Waals surface area (Å²) in [6.45, 7) is 9.82. The molecule has 1 aliphatic rings. The van der Waals surface area contributed by atoms with Gasteiger partial charge in [-0.25, -0.2) is 15.0 Å². The summed E-state index contributed by atoms with van der Waals surface area (Å²) in [6, 6.07) is 8.70. The predicted octanol–water partition coefficient (Wildman–Crippen LogP) is 3.39. The second kappa shape index (κ2) is 10.6. The minimum absolute atomic E-state index is 0.186. The van der Waals surface area contributed by atoms with Crippen LogP contribution < -0.4 is 5.32 Å². The second-order valence-electron chi connectivity index (χ2n) is 10.3. The quantitative estimate of drug-likeness (QED) is 0.281. The van der Waals surface area contributed by atoms with Crippen LogP contribution in [-0.4, -0.2) is 68.7 Å². The number of nitrogens with one attached hydrogen (secondary N) is 1. The van der Waals surface area contributed by atoms with Crippen LogP contribution in [0.4, 0.5) is 5.82 Å². The van der Waals surface area contributed by atoms with E-state index < -0.39 is 47.7 Å². The van der Waals surface area contributed by atoms with E-state index in [0.717, 1.165) is 0 Å². The van der Waals surface area contributed by atoms with Crippen molar-refractivity contribution in [2.24, 2.45) is 0 Å². The number of aliphatic hydroxyl groups excluding tert-OH is 1. The molecule has 0 spiro atoms. The Balaban J connectivity index is 1.72. The Labute approximate surface area is 216 Å². The number of nitrogens with zero attached hydrogens (tertiary/aromatic N) is 4. The summed E-state index contributed by atoms with van der Waals surface area (Å²) in [5, 5.41) is 12.6. The molecule has 5 atom stereocenters. The lowest BCUT2D eigenvalue weighted by Gasteiger charge is -2.40. The molecule has 198 valence electrons. The molecule has 1 saturated heterocycles. The van der Waals surface area contributed by atoms with Crippen molar-refractivity contribution < 1.29 is 33.0 Å². The van der Waals surface area contributed by atoms with Gasteiger partial charge in [0.1, 0.15) is 18.5 Å². The van der Waals surface area contributed by atoms with Crippen molar-refractivity contribution in [2.45, 2.75) is 63.4 Å². The van der Waals surface area contributed by atoms with E-state index in [9.17, 15) is 19.4 Å². The third-order valence-corrected chi connectivity index (χ3v) is 11.7. The van der Waals surface area contributed by atoms with Gasteiger partial charge < -0.3 is 19.6 Å². The van der Waals surface area contributed by atoms with E-state index in [1.54, 1.807) is 28.8 Å². The molecular formula is C23H31N5O7PSi+. The highest BCUT2D eigenvalue weighted by molar-refractivity contribution is 7.32. The topological polar surface area (TPSA) is 158 Å². The van der Waals surface area contributed by atoms with Crippen LogP contribution in [0.25, 0.3) is 11.2 Å². The summed E-state index contributed by atoms with van der Waals surface area (Å²) in [5.74, 6) is -0.144. The first-order chi connectivity index (χ1) is 17.4. The van der Waals surface area contributed by atoms with Crippen molar-refractivity contribution in [1.82, 2.24) is 19.5 Å². The second-order valence-corrected chi connectivity index (χ2v) is 15.7. The first-order valence-electron chi connectivity index (χ1n) is 11.7. The SMILES string of the molecule is CC(C)(C)[Si](C)(C)O[C@H]1[C@@H](O[P+](=O)O)[C@H](CO)O[C@@H]1n1cnc2c(NC(=O)c3ccccc3)ncnc21. The smallest absolute Gasteiger partial charge is 0.406 e. The van der Waals surface area contributed by atoms with Gasteiger partial charge in [-0.1, -0.05) is 39.0 Å². The summed E-state index contributed by atoms with van der Waals surface area (Å²) < 4.78 is 31.3. The molecule has 1 aromatic carbocycles. The highest BCUT2D eigenvalue weighted by Crippen LogP contribution is 2.44. The molecule has 4 rings (SSSR count). The van der Waals surface area contributed by atoms with E-state index in [2.05, 4.69) is 41.0 Å². The van der Waals surface area contributed by atoms with E-state index in [-0.39, 0.29) is 16.8 Å². The van der Waals surface area contributed by atoms with Crippen LogP contribution in [0.1, 0.15) is 37.4 Å². The Bertz CT molecular complexity index is 1280. The van der Waals surface area contributed by atoms with Crippen molar-refractivity contribution in [3.05, 3.63) is 48.5 Å². The number of aromatic nitrogens is 4. The zero-order chi connectivity index (χ0) is 27.0. The molecule has 37 heavy (non-hydrogen) atoms. The lowest BCUT2D eigenvalue weighted by atomic mass is 10.1. The first-order valence-corrected chi connectivity index (χ1v) is 15.8. The van der Waals surface area contributed by atoms with Gasteiger partial charge in [0, 0.05) is 10.1 Å². The van der Waals surface area contributed by atoms with E-state index in [1.165, 1.54) is 12.7 Å². The van der Waals surface area contributed by atoms with Crippen LogP contribution in [0.3, 0.4) is 0 Å². The molecule has 0 saturated carbocycles. The number of amides is 1. The Morgan fingerprint density at radius 3 is 2.51 bits per heavy atom. The van der Waals surface area contributed by atoms with Gasteiger partial charge in [-0.15, -0.1) is 9.42 Å². The summed E-state index contributed by atoms with van der Waals surface area (Å²) in [4.78, 5) is 35.2. The van der Waals surface area contributed by atoms with Crippen LogP contribution >= 0.6 is 8.25 Å². The van der Waals surface area contributed by atoms with Gasteiger partial charge in [0.2, 0.25) is 0 Å². The number of hydrogen-bond donors (Lipinski definition) is 3. The van der Waals surface area contributed by atoms with Gasteiger partial charge in [0.25, 0.3) is 5.91 Å². The monoisotopic (exact) mass is 548 g/mol. The lowest BCUT2D eigenvalue weighted by molar-refractivity contribution is -0.0487. The number of carbonyl (C=O) groups is 1. The molecule has 2 aromatic heterocycles. The van der Waals surface area contributed by atoms with Gasteiger partial charge in [-0.3, -0.25) is 9.36 Å². The largest absolute Gasteiger partial charge is 0.695 e. The molecule has 3 N–H and O–H groups in total. The molecule has 0 bridgehead atoms. The van der Waals surface area contributed by atoms with Crippen molar-refractivity contribution in [2.75, 3.05) is 11.9 Å². The Hall–Kier alpha value is -2.64. The molecule has 1 aliphatic heterocycles. The minimum Gasteiger partial charge on any atom is -0.406 e. The fourth-order valence-corrected chi connectivity index (χ4v) is 5.60. The maximum atomic E-state index is 12.7. The zero-order valence-corrected chi connectivity index (χ0v) is 23.1. The van der Waals surface area contributed by atoms with Crippen LogP contribution in [0.2, 0.25) is 18.1 Å². The summed E-state index contributed by atoms with van der Waals surface area (Å²) >= 11 is 0. The number of fused-ring (bicyclic) bond motifs is 1. The minimum atomic E-state index is -2.99. The van der Waals surface area contributed by atoms with E-state index in [4.69, 9.17) is 13.7 Å². The molecule has 1 fully saturated rings. The van der Waals surface area contributed by atoms with Gasteiger partial charge in [-0.05, 0) is 30.3 Å². The van der Waals surface area contributed by atoms with Crippen LogP contribution in [0.5, 0.6) is 0 Å². The molecule has 12 nitrogen and oxygen atoms in total. The average molecular weight is 549 g/mol. The fraction of sp³-hybridized carbons (Fsp3) is 0.478. The molecule has 14 heteroatoms. The van der Waals surface area contributed by atoms with Gasteiger partial charge in [0.05, 0.1) is 12.9 Å². The molecule has 0 radical (unpaired) electrons. The summed E-state index contributed by atoms with van der Waals surface area (Å²) in [5.41, 5.74) is 1.12. The lowest BCUT2D eigenvalue weighted by Crippen LogP contribution is -2.49. The van der Waals surface area contributed by atoms with E-state index in [1.807, 2.05) is 19.2 Å². The Morgan fingerprint density at radius 1 is 1.19 bits per heavy atom. The van der Waals surface area contributed by atoms with E-state index >= 15 is 0 Å². The molecule has 0 aliphatic carbocycles. The molecular weight excluding hydrogens is 517 g/mol. The maximum absolute atomic E-state index is 12.7. The number of imidazole rings is 1. The number of aliphatic hydroxyl groups is 1. The third-order valence-electron chi connectivity index (χ3n) is 6.82. The van der Waals surface area contributed by atoms with Gasteiger partial charge >= 0.3 is 8.25 Å². The van der Waals surface area contributed by atoms with Crippen molar-refractivity contribution in [1.29, 1.82) is 0 Å². The first kappa shape index (κ1) is 27.4. The maximum Gasteiger partial charge on any atom is 0.695 e. The predicted molar refractivity (Wildman–Crippen MR) is 137 cm³/mol. The highest BCUT2D eigenvalue weighted by atomic mass is 31.1. The van der Waals surface area contributed by atoms with Crippen LogP contribution in [0.15, 0.2) is 43.0 Å². The Kier molecular flexibility index (Phi) is 7.86. The highest BCUT2D eigenvalue weighted by Gasteiger charge is 2.54. The number of hydrogen-bond acceptors (Lipinski definition) is 9. The molecule has 3 heterocycles. The van der Waals surface area contributed by atoms with Gasteiger partial charge in [0.15, 0.2) is 37.6 Å². The van der Waals surface area contributed by atoms with Crippen LogP contribution in [0, 0.1) is 0 Å². The third kappa shape index (κ3) is 5.63. The Morgan fingerprint density at radius 2 is 1.89 bits per heavy atom. The van der Waals surface area contributed by atoms with Crippen LogP contribution in [-0.2, 0) is 18.3 Å². The number of anilines is 1. The normalized spacial score (nSPS) is 22.8. The fourth-order valence-electron chi connectivity index (χ4n) is 3.85. The van der Waals surface area contributed by atoms with Crippen molar-refractivity contribution >= 4 is 39.5 Å².